The molecule has 2 aromatic rings. The summed E-state index contributed by atoms with van der Waals surface area (Å²) in [6, 6.07) is 8.99. The Morgan fingerprint density at radius 1 is 0.826 bits per heavy atom. The zero-order valence-electron chi connectivity index (χ0n) is 12.2. The molecular formula is C18H13Cl2NO2. The Morgan fingerprint density at radius 3 is 2.00 bits per heavy atom. The Kier molecular flexibility index (Phi) is 3.43. The maximum Gasteiger partial charge on any atom is 0.261 e. The van der Waals surface area contributed by atoms with Crippen molar-refractivity contribution >= 4 is 51.5 Å². The van der Waals surface area contributed by atoms with Crippen LogP contribution in [-0.2, 0) is 9.59 Å². The molecule has 2 aromatic carbocycles. The van der Waals surface area contributed by atoms with Crippen molar-refractivity contribution in [2.45, 2.75) is 25.7 Å². The summed E-state index contributed by atoms with van der Waals surface area (Å²) < 4.78 is 0. The molecule has 0 aromatic heterocycles. The van der Waals surface area contributed by atoms with E-state index >= 15 is 0 Å². The molecule has 0 unspecified atom stereocenters. The molecule has 0 atom stereocenters. The minimum absolute atomic E-state index is 0.237. The lowest BCUT2D eigenvalue weighted by molar-refractivity contribution is -0.120. The largest absolute Gasteiger partial charge is 0.269 e. The number of anilines is 1. The highest BCUT2D eigenvalue weighted by Crippen LogP contribution is 2.43. The highest BCUT2D eigenvalue weighted by Gasteiger charge is 2.41. The van der Waals surface area contributed by atoms with Crippen LogP contribution < -0.4 is 4.90 Å². The predicted octanol–water partition coefficient (Wildman–Crippen LogP) is 4.89. The quantitative estimate of drug-likeness (QED) is 0.690. The van der Waals surface area contributed by atoms with Gasteiger partial charge in [-0.1, -0.05) is 47.5 Å². The molecule has 0 saturated carbocycles. The van der Waals surface area contributed by atoms with Gasteiger partial charge in [0.15, 0.2) is 0 Å². The maximum absolute atomic E-state index is 12.8. The van der Waals surface area contributed by atoms with E-state index in [0.29, 0.717) is 45.1 Å². The number of hydrogen-bond acceptors (Lipinski definition) is 2. The van der Waals surface area contributed by atoms with Gasteiger partial charge in [-0.05, 0) is 31.7 Å². The molecule has 5 heteroatoms. The monoisotopic (exact) mass is 345 g/mol. The summed E-state index contributed by atoms with van der Waals surface area (Å²) >= 11 is 12.6. The summed E-state index contributed by atoms with van der Waals surface area (Å²) in [5.74, 6) is -0.474. The second kappa shape index (κ2) is 5.36. The van der Waals surface area contributed by atoms with Crippen molar-refractivity contribution < 1.29 is 9.59 Å². The van der Waals surface area contributed by atoms with Gasteiger partial charge in [0.1, 0.15) is 0 Å². The van der Waals surface area contributed by atoms with Crippen molar-refractivity contribution in [3.63, 3.8) is 0 Å². The summed E-state index contributed by atoms with van der Waals surface area (Å²) in [6.07, 6.45) is 3.22. The molecule has 3 nitrogen and oxygen atoms in total. The number of carbonyl (C=O) groups excluding carboxylic acids is 2. The van der Waals surface area contributed by atoms with Gasteiger partial charge in [-0.3, -0.25) is 9.59 Å². The van der Waals surface area contributed by atoms with Crippen LogP contribution in [0.2, 0.25) is 10.0 Å². The highest BCUT2D eigenvalue weighted by atomic mass is 35.5. The fraction of sp³-hybridized carbons (Fsp3) is 0.222. The number of carbonyl (C=O) groups is 2. The van der Waals surface area contributed by atoms with Crippen LogP contribution in [0.25, 0.3) is 10.8 Å². The minimum atomic E-state index is -0.237. The van der Waals surface area contributed by atoms with Gasteiger partial charge in [-0.15, -0.1) is 0 Å². The van der Waals surface area contributed by atoms with Crippen molar-refractivity contribution in [1.82, 2.24) is 0 Å². The first-order valence-electron chi connectivity index (χ1n) is 7.57. The van der Waals surface area contributed by atoms with E-state index in [1.165, 1.54) is 4.90 Å². The first-order chi connectivity index (χ1) is 11.1. The van der Waals surface area contributed by atoms with E-state index in [4.69, 9.17) is 23.2 Å². The lowest BCUT2D eigenvalue weighted by atomic mass is 9.93. The third-order valence-corrected chi connectivity index (χ3v) is 5.13. The molecule has 1 heterocycles. The fourth-order valence-corrected chi connectivity index (χ4v) is 4.08. The van der Waals surface area contributed by atoms with Gasteiger partial charge < -0.3 is 0 Å². The van der Waals surface area contributed by atoms with Crippen LogP contribution in [-0.4, -0.2) is 11.8 Å². The molecule has 0 saturated heterocycles. The number of imide groups is 1. The van der Waals surface area contributed by atoms with Crippen molar-refractivity contribution in [2.75, 3.05) is 4.90 Å². The van der Waals surface area contributed by atoms with E-state index in [1.807, 2.05) is 24.3 Å². The number of amides is 2. The van der Waals surface area contributed by atoms with Gasteiger partial charge in [0.25, 0.3) is 11.8 Å². The number of hydrogen-bond donors (Lipinski definition) is 0. The van der Waals surface area contributed by atoms with Gasteiger partial charge >= 0.3 is 0 Å². The molecule has 0 bridgehead atoms. The molecule has 2 aliphatic rings. The van der Waals surface area contributed by atoms with E-state index in [1.54, 1.807) is 6.07 Å². The number of halogens is 2. The van der Waals surface area contributed by atoms with E-state index in [9.17, 15) is 9.59 Å². The third-order valence-electron chi connectivity index (χ3n) is 4.53. The smallest absolute Gasteiger partial charge is 0.261 e. The molecule has 116 valence electrons. The SMILES string of the molecule is O=C1C2=C(CCCC2)C(=O)N1c1c(Cl)cc(Cl)c2ccccc12. The number of benzene rings is 2. The van der Waals surface area contributed by atoms with E-state index in [0.717, 1.165) is 18.2 Å². The predicted molar refractivity (Wildman–Crippen MR) is 92.0 cm³/mol. The Bertz CT molecular complexity index is 873. The van der Waals surface area contributed by atoms with Crippen molar-refractivity contribution in [1.29, 1.82) is 0 Å². The molecule has 0 radical (unpaired) electrons. The topological polar surface area (TPSA) is 37.4 Å². The van der Waals surface area contributed by atoms with Crippen molar-refractivity contribution in [3.8, 4) is 0 Å². The summed E-state index contributed by atoms with van der Waals surface area (Å²) in [6.45, 7) is 0. The lowest BCUT2D eigenvalue weighted by Gasteiger charge is -2.19. The number of nitrogens with zero attached hydrogens (tertiary/aromatic N) is 1. The first kappa shape index (κ1) is 14.7. The zero-order valence-corrected chi connectivity index (χ0v) is 13.7. The molecule has 0 fully saturated rings. The molecule has 1 aliphatic carbocycles. The summed E-state index contributed by atoms with van der Waals surface area (Å²) in [5, 5.41) is 2.31. The van der Waals surface area contributed by atoms with Crippen molar-refractivity contribution in [3.05, 3.63) is 51.5 Å². The molecule has 2 amide bonds. The molecular weight excluding hydrogens is 333 g/mol. The van der Waals surface area contributed by atoms with Crippen LogP contribution in [0, 0.1) is 0 Å². The molecule has 23 heavy (non-hydrogen) atoms. The average Bonchev–Trinajstić information content (AvgIpc) is 2.81. The minimum Gasteiger partial charge on any atom is -0.269 e. The van der Waals surface area contributed by atoms with Crippen LogP contribution in [0.4, 0.5) is 5.69 Å². The molecule has 0 spiro atoms. The lowest BCUT2D eigenvalue weighted by Crippen LogP contribution is -2.32. The standard InChI is InChI=1S/C18H13Cl2NO2/c19-14-9-15(20)16(11-6-2-1-5-10(11)14)21-17(22)12-7-3-4-8-13(12)18(21)23/h1-2,5-6,9H,3-4,7-8H2. The summed E-state index contributed by atoms with van der Waals surface area (Å²) in [4.78, 5) is 26.8. The molecule has 0 N–H and O–H groups in total. The molecule has 4 rings (SSSR count). The van der Waals surface area contributed by atoms with E-state index in [2.05, 4.69) is 0 Å². The van der Waals surface area contributed by atoms with E-state index < -0.39 is 0 Å². The van der Waals surface area contributed by atoms with Crippen LogP contribution in [0.3, 0.4) is 0 Å². The van der Waals surface area contributed by atoms with Crippen LogP contribution in [0.1, 0.15) is 25.7 Å². The summed E-state index contributed by atoms with van der Waals surface area (Å²) in [7, 11) is 0. The summed E-state index contributed by atoms with van der Waals surface area (Å²) in [5.41, 5.74) is 1.74. The van der Waals surface area contributed by atoms with Crippen LogP contribution in [0.15, 0.2) is 41.5 Å². The number of fused-ring (bicyclic) bond motifs is 1. The molecule has 1 aliphatic heterocycles. The van der Waals surface area contributed by atoms with Gasteiger partial charge in [0, 0.05) is 21.9 Å². The fourth-order valence-electron chi connectivity index (χ4n) is 3.45. The van der Waals surface area contributed by atoms with Gasteiger partial charge in [0.05, 0.1) is 15.7 Å². The van der Waals surface area contributed by atoms with Gasteiger partial charge in [-0.25, -0.2) is 4.90 Å². The second-order valence-electron chi connectivity index (χ2n) is 5.84. The number of rotatable bonds is 1. The van der Waals surface area contributed by atoms with Crippen LogP contribution >= 0.6 is 23.2 Å². The highest BCUT2D eigenvalue weighted by molar-refractivity contribution is 6.44. The Hall–Kier alpha value is -1.84. The first-order valence-corrected chi connectivity index (χ1v) is 8.32. The maximum atomic E-state index is 12.8. The Morgan fingerprint density at radius 2 is 1.39 bits per heavy atom. The van der Waals surface area contributed by atoms with E-state index in [-0.39, 0.29) is 11.8 Å². The Labute approximate surface area is 143 Å². The van der Waals surface area contributed by atoms with Gasteiger partial charge in [-0.2, -0.15) is 0 Å². The normalized spacial score (nSPS) is 18.1. The second-order valence-corrected chi connectivity index (χ2v) is 6.66. The Balaban J connectivity index is 1.94. The van der Waals surface area contributed by atoms with Crippen LogP contribution in [0.5, 0.6) is 0 Å². The average molecular weight is 346 g/mol. The van der Waals surface area contributed by atoms with Crippen molar-refractivity contribution in [2.24, 2.45) is 0 Å². The van der Waals surface area contributed by atoms with Gasteiger partial charge in [0.2, 0.25) is 0 Å². The zero-order chi connectivity index (χ0) is 16.1. The third kappa shape index (κ3) is 2.11.